The first kappa shape index (κ1) is 6.35. The fraction of sp³-hybridized carbons (Fsp3) is 0. The van der Waals surface area contributed by atoms with E-state index in [4.69, 9.17) is 0 Å². The third-order valence-corrected chi connectivity index (χ3v) is 2.47. The number of rotatable bonds is 0. The van der Waals surface area contributed by atoms with Gasteiger partial charge in [0.25, 0.3) is 0 Å². The van der Waals surface area contributed by atoms with Crippen molar-refractivity contribution < 1.29 is 8.42 Å². The van der Waals surface area contributed by atoms with Gasteiger partial charge in [0.2, 0.25) is 0 Å². The highest BCUT2D eigenvalue weighted by Crippen LogP contribution is 2.20. The Morgan fingerprint density at radius 3 is 3.00 bits per heavy atom. The van der Waals surface area contributed by atoms with Gasteiger partial charge in [-0.1, -0.05) is 0 Å². The topological polar surface area (TPSA) is 87.2 Å². The van der Waals surface area contributed by atoms with Crippen LogP contribution in [0.4, 0.5) is 5.82 Å². The van der Waals surface area contributed by atoms with E-state index in [2.05, 4.69) is 19.7 Å². The van der Waals surface area contributed by atoms with E-state index in [1.807, 2.05) is 0 Å². The van der Waals surface area contributed by atoms with Gasteiger partial charge in [0.15, 0.2) is 10.8 Å². The molecular weight excluding hydrogens is 168 g/mol. The molecule has 0 unspecified atom stereocenters. The average Bonchev–Trinajstić information content (AvgIpc) is 2.34. The number of nitrogens with zero attached hydrogens (tertiary/aromatic N) is 2. The molecule has 58 valence electrons. The van der Waals surface area contributed by atoms with Crippen LogP contribution in [-0.2, 0) is 10.0 Å². The summed E-state index contributed by atoms with van der Waals surface area (Å²) < 4.78 is 25.3. The quantitative estimate of drug-likeness (QED) is 0.555. The standard InChI is InChI=1S/C4H4N4O2S/c9-11(10)4-3(5-1-7-4)6-2-8-11/h1-2H,(H,5,7)(H,6,8). The predicted molar refractivity (Wildman–Crippen MR) is 37.9 cm³/mol. The molecule has 0 radical (unpaired) electrons. The van der Waals surface area contributed by atoms with E-state index in [1.165, 1.54) is 6.33 Å². The summed E-state index contributed by atoms with van der Waals surface area (Å²) in [7, 11) is -3.51. The Kier molecular flexibility index (Phi) is 1.05. The lowest BCUT2D eigenvalue weighted by molar-refractivity contribution is 0.595. The van der Waals surface area contributed by atoms with Crippen molar-refractivity contribution in [1.29, 1.82) is 0 Å². The highest BCUT2D eigenvalue weighted by atomic mass is 32.2. The highest BCUT2D eigenvalue weighted by molar-refractivity contribution is 7.90. The van der Waals surface area contributed by atoms with Gasteiger partial charge in [-0.15, -0.1) is 4.40 Å². The predicted octanol–water partition coefficient (Wildman–Crippen LogP) is -0.448. The summed E-state index contributed by atoms with van der Waals surface area (Å²) in [4.78, 5) is 6.19. The third-order valence-electron chi connectivity index (χ3n) is 1.26. The van der Waals surface area contributed by atoms with Crippen molar-refractivity contribution in [2.45, 2.75) is 5.03 Å². The van der Waals surface area contributed by atoms with Crippen LogP contribution < -0.4 is 5.32 Å². The van der Waals surface area contributed by atoms with Crippen molar-refractivity contribution in [2.24, 2.45) is 4.40 Å². The van der Waals surface area contributed by atoms with Crippen molar-refractivity contribution in [2.75, 3.05) is 5.32 Å². The van der Waals surface area contributed by atoms with Gasteiger partial charge < -0.3 is 10.3 Å². The van der Waals surface area contributed by atoms with E-state index >= 15 is 0 Å². The summed E-state index contributed by atoms with van der Waals surface area (Å²) in [5.74, 6) is 0.292. The molecular formula is C4H4N4O2S. The van der Waals surface area contributed by atoms with Gasteiger partial charge >= 0.3 is 10.0 Å². The van der Waals surface area contributed by atoms with Gasteiger partial charge in [-0.2, -0.15) is 8.42 Å². The zero-order chi connectivity index (χ0) is 7.90. The maximum atomic E-state index is 11.0. The van der Waals surface area contributed by atoms with Crippen LogP contribution in [0.15, 0.2) is 15.8 Å². The summed E-state index contributed by atoms with van der Waals surface area (Å²) in [5.41, 5.74) is 0. The van der Waals surface area contributed by atoms with Crippen LogP contribution in [0.1, 0.15) is 0 Å². The molecule has 0 amide bonds. The summed E-state index contributed by atoms with van der Waals surface area (Å²) in [5, 5.41) is 2.60. The van der Waals surface area contributed by atoms with Crippen molar-refractivity contribution in [1.82, 2.24) is 9.97 Å². The zero-order valence-electron chi connectivity index (χ0n) is 5.27. The fourth-order valence-corrected chi connectivity index (χ4v) is 1.65. The SMILES string of the molecule is O=S1(=O)N=CNc2nc[nH]c21. The van der Waals surface area contributed by atoms with Gasteiger partial charge in [0, 0.05) is 0 Å². The first-order valence-electron chi connectivity index (χ1n) is 2.79. The number of nitrogens with one attached hydrogen (secondary N) is 2. The Morgan fingerprint density at radius 2 is 2.27 bits per heavy atom. The maximum Gasteiger partial charge on any atom is 0.302 e. The number of anilines is 1. The lowest BCUT2D eigenvalue weighted by atomic mass is 10.7. The molecule has 7 heteroatoms. The van der Waals surface area contributed by atoms with Crippen LogP contribution in [0.25, 0.3) is 0 Å². The number of aromatic nitrogens is 2. The third kappa shape index (κ3) is 0.811. The Morgan fingerprint density at radius 1 is 1.45 bits per heavy atom. The van der Waals surface area contributed by atoms with E-state index < -0.39 is 10.0 Å². The minimum absolute atomic E-state index is 0.0139. The van der Waals surface area contributed by atoms with Gasteiger partial charge in [-0.3, -0.25) is 0 Å². The maximum absolute atomic E-state index is 11.0. The summed E-state index contributed by atoms with van der Waals surface area (Å²) in [6.07, 6.45) is 2.39. The minimum Gasteiger partial charge on any atom is -0.332 e. The number of H-pyrrole nitrogens is 1. The van der Waals surface area contributed by atoms with Crippen molar-refractivity contribution in [3.63, 3.8) is 0 Å². The molecule has 0 atom stereocenters. The molecule has 1 aliphatic heterocycles. The number of hydrogen-bond donors (Lipinski definition) is 2. The largest absolute Gasteiger partial charge is 0.332 e. The van der Waals surface area contributed by atoms with Gasteiger partial charge in [0.05, 0.1) is 6.33 Å². The van der Waals surface area contributed by atoms with E-state index in [1.54, 1.807) is 0 Å². The molecule has 1 aromatic rings. The van der Waals surface area contributed by atoms with Gasteiger partial charge in [0.1, 0.15) is 6.34 Å². The average molecular weight is 172 g/mol. The Balaban J connectivity index is 2.75. The van der Waals surface area contributed by atoms with Crippen LogP contribution in [-0.4, -0.2) is 24.7 Å². The molecule has 0 aromatic carbocycles. The van der Waals surface area contributed by atoms with Crippen LogP contribution in [0, 0.1) is 0 Å². The lowest BCUT2D eigenvalue weighted by Gasteiger charge is -2.03. The summed E-state index contributed by atoms with van der Waals surface area (Å²) >= 11 is 0. The van der Waals surface area contributed by atoms with Crippen LogP contribution >= 0.6 is 0 Å². The van der Waals surface area contributed by atoms with Crippen LogP contribution in [0.3, 0.4) is 0 Å². The van der Waals surface area contributed by atoms with Crippen molar-refractivity contribution in [3.8, 4) is 0 Å². The molecule has 0 spiro atoms. The normalized spacial score (nSPS) is 18.9. The Bertz CT molecular complexity index is 403. The molecule has 6 nitrogen and oxygen atoms in total. The first-order chi connectivity index (χ1) is 5.20. The van der Waals surface area contributed by atoms with Crippen molar-refractivity contribution in [3.05, 3.63) is 6.33 Å². The van der Waals surface area contributed by atoms with Crippen LogP contribution in [0.2, 0.25) is 0 Å². The molecule has 1 aromatic heterocycles. The molecule has 2 rings (SSSR count). The summed E-state index contributed by atoms with van der Waals surface area (Å²) in [6, 6.07) is 0. The Labute approximate surface area is 62.4 Å². The molecule has 11 heavy (non-hydrogen) atoms. The minimum atomic E-state index is -3.51. The second-order valence-corrected chi connectivity index (χ2v) is 3.50. The number of fused-ring (bicyclic) bond motifs is 1. The molecule has 0 bridgehead atoms. The molecule has 2 N–H and O–H groups in total. The molecule has 0 aliphatic carbocycles. The first-order valence-corrected chi connectivity index (χ1v) is 4.23. The number of imidazole rings is 1. The van der Waals surface area contributed by atoms with Crippen molar-refractivity contribution >= 4 is 22.2 Å². The van der Waals surface area contributed by atoms with Gasteiger partial charge in [-0.25, -0.2) is 4.98 Å². The van der Waals surface area contributed by atoms with E-state index in [9.17, 15) is 8.42 Å². The molecule has 2 heterocycles. The molecule has 1 aliphatic rings. The number of sulfonamides is 1. The number of hydrogen-bond acceptors (Lipinski definition) is 4. The highest BCUT2D eigenvalue weighted by Gasteiger charge is 2.22. The fourth-order valence-electron chi connectivity index (χ4n) is 0.791. The van der Waals surface area contributed by atoms with Gasteiger partial charge in [-0.05, 0) is 0 Å². The summed E-state index contributed by atoms with van der Waals surface area (Å²) in [6.45, 7) is 0. The smallest absolute Gasteiger partial charge is 0.302 e. The molecule has 0 fully saturated rings. The monoisotopic (exact) mass is 172 g/mol. The van der Waals surface area contributed by atoms with E-state index in [0.29, 0.717) is 5.82 Å². The van der Waals surface area contributed by atoms with E-state index in [0.717, 1.165) is 6.34 Å². The Hall–Kier alpha value is -1.37. The number of aromatic amines is 1. The molecule has 0 saturated heterocycles. The van der Waals surface area contributed by atoms with E-state index in [-0.39, 0.29) is 5.03 Å². The molecule has 0 saturated carbocycles. The second-order valence-electron chi connectivity index (χ2n) is 1.93. The zero-order valence-corrected chi connectivity index (χ0v) is 6.09. The lowest BCUT2D eigenvalue weighted by Crippen LogP contribution is -2.10. The van der Waals surface area contributed by atoms with Crippen LogP contribution in [0.5, 0.6) is 0 Å². The second kappa shape index (κ2) is 1.82.